The van der Waals surface area contributed by atoms with Gasteiger partial charge in [0.25, 0.3) is 5.91 Å². The highest BCUT2D eigenvalue weighted by Crippen LogP contribution is 2.12. The van der Waals surface area contributed by atoms with E-state index in [0.717, 1.165) is 0 Å². The van der Waals surface area contributed by atoms with Crippen LogP contribution < -0.4 is 11.1 Å². The Morgan fingerprint density at radius 2 is 2.00 bits per heavy atom. The van der Waals surface area contributed by atoms with E-state index in [1.54, 1.807) is 24.3 Å². The molecule has 0 radical (unpaired) electrons. The lowest BCUT2D eigenvalue weighted by molar-refractivity contribution is -0.110. The Morgan fingerprint density at radius 3 is 2.50 bits per heavy atom. The topological polar surface area (TPSA) is 87.7 Å². The van der Waals surface area contributed by atoms with Gasteiger partial charge in [-0.15, -0.1) is 0 Å². The molecule has 4 N–H and O–H groups in total. The van der Waals surface area contributed by atoms with Crippen LogP contribution >= 0.6 is 11.6 Å². The SMILES string of the molecule is N/C(=N/O)C(=O)Nc1ccc(Cl)cc1. The van der Waals surface area contributed by atoms with E-state index in [4.69, 9.17) is 22.5 Å². The van der Waals surface area contributed by atoms with Crippen LogP contribution in [-0.2, 0) is 4.79 Å². The maximum atomic E-state index is 11.1. The first-order valence-electron chi connectivity index (χ1n) is 3.68. The highest BCUT2D eigenvalue weighted by molar-refractivity contribution is 6.41. The summed E-state index contributed by atoms with van der Waals surface area (Å²) in [5, 5.41) is 13.7. The van der Waals surface area contributed by atoms with Gasteiger partial charge in [-0.05, 0) is 24.3 Å². The first-order valence-corrected chi connectivity index (χ1v) is 4.05. The van der Waals surface area contributed by atoms with E-state index in [1.807, 2.05) is 0 Å². The van der Waals surface area contributed by atoms with Gasteiger partial charge < -0.3 is 16.3 Å². The minimum absolute atomic E-state index is 0.500. The second kappa shape index (κ2) is 4.48. The van der Waals surface area contributed by atoms with Crippen LogP contribution in [0.5, 0.6) is 0 Å². The molecule has 0 atom stereocenters. The smallest absolute Gasteiger partial charge is 0.294 e. The summed E-state index contributed by atoms with van der Waals surface area (Å²) < 4.78 is 0. The monoisotopic (exact) mass is 213 g/mol. The van der Waals surface area contributed by atoms with Gasteiger partial charge in [-0.25, -0.2) is 0 Å². The third-order valence-electron chi connectivity index (χ3n) is 1.44. The van der Waals surface area contributed by atoms with E-state index in [1.165, 1.54) is 0 Å². The van der Waals surface area contributed by atoms with Gasteiger partial charge in [-0.3, -0.25) is 4.79 Å². The first kappa shape index (κ1) is 10.3. The minimum atomic E-state index is -0.671. The van der Waals surface area contributed by atoms with Gasteiger partial charge in [0.2, 0.25) is 5.84 Å². The predicted molar refractivity (Wildman–Crippen MR) is 53.5 cm³/mol. The summed E-state index contributed by atoms with van der Waals surface area (Å²) in [5.74, 6) is -1.17. The van der Waals surface area contributed by atoms with Crippen molar-refractivity contribution in [3.05, 3.63) is 29.3 Å². The minimum Gasteiger partial charge on any atom is -0.409 e. The first-order chi connectivity index (χ1) is 6.63. The van der Waals surface area contributed by atoms with Crippen molar-refractivity contribution in [1.82, 2.24) is 0 Å². The molecule has 0 aliphatic carbocycles. The van der Waals surface area contributed by atoms with Crippen LogP contribution in [-0.4, -0.2) is 17.0 Å². The number of carbonyl (C=O) groups is 1. The molecule has 0 fully saturated rings. The second-order valence-electron chi connectivity index (χ2n) is 2.45. The Balaban J connectivity index is 2.70. The van der Waals surface area contributed by atoms with Crippen molar-refractivity contribution in [2.24, 2.45) is 10.9 Å². The molecule has 0 saturated carbocycles. The fourth-order valence-corrected chi connectivity index (χ4v) is 0.900. The van der Waals surface area contributed by atoms with Crippen molar-refractivity contribution in [2.75, 3.05) is 5.32 Å². The predicted octanol–water partition coefficient (Wildman–Crippen LogP) is 1.02. The average molecular weight is 214 g/mol. The van der Waals surface area contributed by atoms with Gasteiger partial charge >= 0.3 is 0 Å². The number of benzene rings is 1. The van der Waals surface area contributed by atoms with Crippen LogP contribution in [0.25, 0.3) is 0 Å². The Labute approximate surface area is 85.2 Å². The fraction of sp³-hybridized carbons (Fsp3) is 0. The molecule has 0 aliphatic heterocycles. The van der Waals surface area contributed by atoms with Crippen LogP contribution in [0.4, 0.5) is 5.69 Å². The number of halogens is 1. The van der Waals surface area contributed by atoms with E-state index < -0.39 is 11.7 Å². The van der Waals surface area contributed by atoms with Gasteiger partial charge in [0.05, 0.1) is 0 Å². The van der Waals surface area contributed by atoms with E-state index in [9.17, 15) is 4.79 Å². The van der Waals surface area contributed by atoms with Gasteiger partial charge in [0.1, 0.15) is 0 Å². The number of nitrogens with two attached hydrogens (primary N) is 1. The van der Waals surface area contributed by atoms with Crippen LogP contribution in [0.15, 0.2) is 29.4 Å². The molecular formula is C8H8ClN3O2. The molecule has 74 valence electrons. The lowest BCUT2D eigenvalue weighted by atomic mass is 10.3. The number of oxime groups is 1. The van der Waals surface area contributed by atoms with Crippen molar-refractivity contribution in [2.45, 2.75) is 0 Å². The van der Waals surface area contributed by atoms with Crippen molar-refractivity contribution in [3.63, 3.8) is 0 Å². The fourth-order valence-electron chi connectivity index (χ4n) is 0.774. The Kier molecular flexibility index (Phi) is 3.30. The molecule has 1 rings (SSSR count). The normalized spacial score (nSPS) is 11.1. The van der Waals surface area contributed by atoms with Crippen molar-refractivity contribution in [3.8, 4) is 0 Å². The molecule has 0 unspecified atom stereocenters. The molecule has 1 aromatic rings. The highest BCUT2D eigenvalue weighted by Gasteiger charge is 2.06. The Morgan fingerprint density at radius 1 is 1.43 bits per heavy atom. The summed E-state index contributed by atoms with van der Waals surface area (Å²) in [6, 6.07) is 6.43. The molecule has 0 saturated heterocycles. The summed E-state index contributed by atoms with van der Waals surface area (Å²) in [6.07, 6.45) is 0. The standard InChI is InChI=1S/C8H8ClN3O2/c9-5-1-3-6(4-2-5)11-8(13)7(10)12-14/h1-4,14H,(H2,10,12)(H,11,13). The number of nitrogens with one attached hydrogen (secondary N) is 1. The Bertz CT molecular complexity index is 361. The van der Waals surface area contributed by atoms with E-state index in [0.29, 0.717) is 10.7 Å². The van der Waals surface area contributed by atoms with Gasteiger partial charge in [0, 0.05) is 10.7 Å². The molecular weight excluding hydrogens is 206 g/mol. The molecule has 1 amide bonds. The van der Waals surface area contributed by atoms with Gasteiger partial charge in [0.15, 0.2) is 0 Å². The lowest BCUT2D eigenvalue weighted by Gasteiger charge is -2.02. The molecule has 6 heteroatoms. The number of carbonyl (C=O) groups excluding carboxylic acids is 1. The number of nitrogens with zero attached hydrogens (tertiary/aromatic N) is 1. The number of rotatable bonds is 1. The molecule has 0 spiro atoms. The zero-order chi connectivity index (χ0) is 10.6. The summed E-state index contributed by atoms with van der Waals surface area (Å²) in [4.78, 5) is 11.1. The number of amides is 1. The van der Waals surface area contributed by atoms with Crippen LogP contribution in [0.1, 0.15) is 0 Å². The number of hydrogen-bond acceptors (Lipinski definition) is 3. The lowest BCUT2D eigenvalue weighted by Crippen LogP contribution is -2.29. The molecule has 1 aromatic carbocycles. The second-order valence-corrected chi connectivity index (χ2v) is 2.88. The molecule has 14 heavy (non-hydrogen) atoms. The third kappa shape index (κ3) is 2.63. The van der Waals surface area contributed by atoms with Gasteiger partial charge in [-0.1, -0.05) is 16.8 Å². The number of hydrogen-bond donors (Lipinski definition) is 3. The van der Waals surface area contributed by atoms with E-state index >= 15 is 0 Å². The molecule has 0 aliphatic rings. The van der Waals surface area contributed by atoms with Crippen LogP contribution in [0, 0.1) is 0 Å². The number of anilines is 1. The van der Waals surface area contributed by atoms with Crippen LogP contribution in [0.3, 0.4) is 0 Å². The van der Waals surface area contributed by atoms with E-state index in [2.05, 4.69) is 10.5 Å². The average Bonchev–Trinajstić information content (AvgIpc) is 2.20. The van der Waals surface area contributed by atoms with Crippen molar-refractivity contribution in [1.29, 1.82) is 0 Å². The summed E-state index contributed by atoms with van der Waals surface area (Å²) in [6.45, 7) is 0. The maximum absolute atomic E-state index is 11.1. The van der Waals surface area contributed by atoms with Crippen LogP contribution in [0.2, 0.25) is 5.02 Å². The summed E-state index contributed by atoms with van der Waals surface area (Å²) >= 11 is 5.64. The van der Waals surface area contributed by atoms with E-state index in [-0.39, 0.29) is 0 Å². The maximum Gasteiger partial charge on any atom is 0.294 e. The molecule has 0 bridgehead atoms. The summed E-state index contributed by atoms with van der Waals surface area (Å²) in [5.41, 5.74) is 5.58. The quantitative estimate of drug-likeness (QED) is 0.282. The van der Waals surface area contributed by atoms with Crippen molar-refractivity contribution < 1.29 is 10.0 Å². The highest BCUT2D eigenvalue weighted by atomic mass is 35.5. The number of amidine groups is 1. The molecule has 5 nitrogen and oxygen atoms in total. The zero-order valence-electron chi connectivity index (χ0n) is 7.07. The third-order valence-corrected chi connectivity index (χ3v) is 1.69. The zero-order valence-corrected chi connectivity index (χ0v) is 7.82. The molecule has 0 aromatic heterocycles. The van der Waals surface area contributed by atoms with Gasteiger partial charge in [-0.2, -0.15) is 0 Å². The Hall–Kier alpha value is -1.75. The summed E-state index contributed by atoms with van der Waals surface area (Å²) in [7, 11) is 0. The van der Waals surface area contributed by atoms with Crippen molar-refractivity contribution >= 4 is 29.0 Å². The largest absolute Gasteiger partial charge is 0.409 e. The molecule has 0 heterocycles.